The third-order valence-electron chi connectivity index (χ3n) is 4.59. The van der Waals surface area contributed by atoms with Gasteiger partial charge in [0.25, 0.3) is 0 Å². The SMILES string of the molecule is Cc1ccc(NC(=O)CC(C)(C)C(=O)O)cc1S(=O)(=O)N1CCCCC1. The molecule has 7 nitrogen and oxygen atoms in total. The molecular weight excluding hydrogens is 356 g/mol. The van der Waals surface area contributed by atoms with E-state index in [1.165, 1.54) is 24.2 Å². The molecule has 1 aromatic rings. The molecule has 1 saturated heterocycles. The molecule has 1 fully saturated rings. The lowest BCUT2D eigenvalue weighted by atomic mass is 9.89. The van der Waals surface area contributed by atoms with E-state index in [2.05, 4.69) is 5.32 Å². The fraction of sp³-hybridized carbons (Fsp3) is 0.556. The molecule has 2 N–H and O–H groups in total. The number of hydrogen-bond donors (Lipinski definition) is 2. The number of carboxylic acids is 1. The van der Waals surface area contributed by atoms with Crippen LogP contribution >= 0.6 is 0 Å². The van der Waals surface area contributed by atoms with Crippen LogP contribution in [0.5, 0.6) is 0 Å². The molecule has 0 spiro atoms. The minimum Gasteiger partial charge on any atom is -0.481 e. The molecule has 26 heavy (non-hydrogen) atoms. The summed E-state index contributed by atoms with van der Waals surface area (Å²) in [5.41, 5.74) is -0.242. The van der Waals surface area contributed by atoms with E-state index >= 15 is 0 Å². The molecule has 1 amide bonds. The van der Waals surface area contributed by atoms with E-state index in [0.717, 1.165) is 19.3 Å². The summed E-state index contributed by atoms with van der Waals surface area (Å²) in [5, 5.41) is 11.7. The highest BCUT2D eigenvalue weighted by atomic mass is 32.2. The summed E-state index contributed by atoms with van der Waals surface area (Å²) < 4.78 is 27.3. The van der Waals surface area contributed by atoms with E-state index in [1.807, 2.05) is 0 Å². The van der Waals surface area contributed by atoms with Gasteiger partial charge in [0.2, 0.25) is 15.9 Å². The molecule has 0 bridgehead atoms. The van der Waals surface area contributed by atoms with E-state index in [-0.39, 0.29) is 11.3 Å². The Balaban J connectivity index is 2.21. The Hall–Kier alpha value is -1.93. The molecule has 144 valence electrons. The predicted molar refractivity (Wildman–Crippen MR) is 98.5 cm³/mol. The number of nitrogens with one attached hydrogen (secondary N) is 1. The highest BCUT2D eigenvalue weighted by Gasteiger charge is 2.31. The van der Waals surface area contributed by atoms with Crippen LogP contribution in [0.3, 0.4) is 0 Å². The zero-order valence-corrected chi connectivity index (χ0v) is 16.2. The lowest BCUT2D eigenvalue weighted by Gasteiger charge is -2.26. The van der Waals surface area contributed by atoms with E-state index in [4.69, 9.17) is 5.11 Å². The molecule has 0 saturated carbocycles. The summed E-state index contributed by atoms with van der Waals surface area (Å²) in [7, 11) is -3.61. The first-order valence-corrected chi connectivity index (χ1v) is 10.1. The first-order valence-electron chi connectivity index (χ1n) is 8.68. The fourth-order valence-electron chi connectivity index (χ4n) is 2.88. The molecule has 0 radical (unpaired) electrons. The van der Waals surface area contributed by atoms with Gasteiger partial charge in [0, 0.05) is 25.2 Å². The molecule has 0 unspecified atom stereocenters. The van der Waals surface area contributed by atoms with Crippen LogP contribution in [0.25, 0.3) is 0 Å². The van der Waals surface area contributed by atoms with Gasteiger partial charge in [0.1, 0.15) is 0 Å². The minimum atomic E-state index is -3.61. The Labute approximate surface area is 154 Å². The predicted octanol–water partition coefficient (Wildman–Crippen LogP) is 2.61. The van der Waals surface area contributed by atoms with Crippen LogP contribution < -0.4 is 5.32 Å². The van der Waals surface area contributed by atoms with Gasteiger partial charge in [-0.25, -0.2) is 8.42 Å². The monoisotopic (exact) mass is 382 g/mol. The van der Waals surface area contributed by atoms with Crippen molar-refractivity contribution in [1.29, 1.82) is 0 Å². The second-order valence-electron chi connectivity index (χ2n) is 7.36. The summed E-state index contributed by atoms with van der Waals surface area (Å²) in [4.78, 5) is 23.5. The van der Waals surface area contributed by atoms with Gasteiger partial charge < -0.3 is 10.4 Å². The molecule has 1 aliphatic rings. The van der Waals surface area contributed by atoms with Gasteiger partial charge in [0.15, 0.2) is 0 Å². The maximum Gasteiger partial charge on any atom is 0.309 e. The number of sulfonamides is 1. The number of hydrogen-bond acceptors (Lipinski definition) is 4. The molecule has 0 aromatic heterocycles. The molecule has 0 atom stereocenters. The van der Waals surface area contributed by atoms with Gasteiger partial charge in [0.05, 0.1) is 10.3 Å². The standard InChI is InChI=1S/C18H26N2O5S/c1-13-7-8-14(19-16(21)12-18(2,3)17(22)23)11-15(13)26(24,25)20-9-5-4-6-10-20/h7-8,11H,4-6,9-10,12H2,1-3H3,(H,19,21)(H,22,23). The van der Waals surface area contributed by atoms with Crippen molar-refractivity contribution in [2.24, 2.45) is 5.41 Å². The van der Waals surface area contributed by atoms with Gasteiger partial charge in [-0.15, -0.1) is 0 Å². The zero-order valence-electron chi connectivity index (χ0n) is 15.4. The molecule has 2 rings (SSSR count). The van der Waals surface area contributed by atoms with Crippen LogP contribution in [-0.4, -0.2) is 42.8 Å². The van der Waals surface area contributed by atoms with Crippen molar-refractivity contribution < 1.29 is 23.1 Å². The highest BCUT2D eigenvalue weighted by molar-refractivity contribution is 7.89. The lowest BCUT2D eigenvalue weighted by molar-refractivity contribution is -0.148. The number of anilines is 1. The molecule has 1 heterocycles. The van der Waals surface area contributed by atoms with Crippen LogP contribution in [-0.2, 0) is 19.6 Å². The first-order chi connectivity index (χ1) is 12.0. The van der Waals surface area contributed by atoms with Crippen molar-refractivity contribution in [3.8, 4) is 0 Å². The van der Waals surface area contributed by atoms with Crippen LogP contribution in [0.2, 0.25) is 0 Å². The summed E-state index contributed by atoms with van der Waals surface area (Å²) in [6.07, 6.45) is 2.52. The Kier molecular flexibility index (Phi) is 6.08. The number of amides is 1. The van der Waals surface area contributed by atoms with Crippen LogP contribution in [0.4, 0.5) is 5.69 Å². The number of aryl methyl sites for hydroxylation is 1. The van der Waals surface area contributed by atoms with E-state index in [0.29, 0.717) is 24.3 Å². The first kappa shape index (κ1) is 20.4. The van der Waals surface area contributed by atoms with Crippen LogP contribution in [0.15, 0.2) is 23.1 Å². The van der Waals surface area contributed by atoms with Gasteiger partial charge in [-0.1, -0.05) is 12.5 Å². The maximum atomic E-state index is 12.9. The topological polar surface area (TPSA) is 104 Å². The molecular formula is C18H26N2O5S. The van der Waals surface area contributed by atoms with Gasteiger partial charge in [-0.3, -0.25) is 9.59 Å². The van der Waals surface area contributed by atoms with Gasteiger partial charge in [-0.05, 0) is 51.3 Å². The van der Waals surface area contributed by atoms with Crippen LogP contribution in [0, 0.1) is 12.3 Å². The minimum absolute atomic E-state index is 0.176. The highest BCUT2D eigenvalue weighted by Crippen LogP contribution is 2.27. The average molecular weight is 382 g/mol. The van der Waals surface area contributed by atoms with Crippen molar-refractivity contribution >= 4 is 27.6 Å². The number of carboxylic acid groups (broad SMARTS) is 1. The Morgan fingerprint density at radius 1 is 1.19 bits per heavy atom. The van der Waals surface area contributed by atoms with E-state index in [9.17, 15) is 18.0 Å². The Bertz CT molecular complexity index is 796. The summed E-state index contributed by atoms with van der Waals surface area (Å²) >= 11 is 0. The van der Waals surface area contributed by atoms with Crippen molar-refractivity contribution in [2.45, 2.75) is 51.3 Å². The molecule has 0 aliphatic carbocycles. The molecule has 1 aromatic carbocycles. The van der Waals surface area contributed by atoms with E-state index in [1.54, 1.807) is 19.1 Å². The number of rotatable bonds is 6. The van der Waals surface area contributed by atoms with Crippen molar-refractivity contribution in [2.75, 3.05) is 18.4 Å². The number of benzene rings is 1. The lowest BCUT2D eigenvalue weighted by Crippen LogP contribution is -2.36. The van der Waals surface area contributed by atoms with Gasteiger partial charge >= 0.3 is 5.97 Å². The van der Waals surface area contributed by atoms with Crippen molar-refractivity contribution in [1.82, 2.24) is 4.31 Å². The normalized spacial score (nSPS) is 16.3. The Morgan fingerprint density at radius 3 is 2.38 bits per heavy atom. The number of carbonyl (C=O) groups excluding carboxylic acids is 1. The quantitative estimate of drug-likeness (QED) is 0.787. The van der Waals surface area contributed by atoms with E-state index < -0.39 is 27.3 Å². The smallest absolute Gasteiger partial charge is 0.309 e. The number of aliphatic carboxylic acids is 1. The number of nitrogens with zero attached hydrogens (tertiary/aromatic N) is 1. The van der Waals surface area contributed by atoms with Crippen molar-refractivity contribution in [3.05, 3.63) is 23.8 Å². The van der Waals surface area contributed by atoms with Crippen LogP contribution in [0.1, 0.15) is 45.1 Å². The summed E-state index contributed by atoms with van der Waals surface area (Å²) in [5.74, 6) is -1.53. The number of piperidine rings is 1. The second kappa shape index (κ2) is 7.75. The Morgan fingerprint density at radius 2 is 1.81 bits per heavy atom. The molecule has 1 aliphatic heterocycles. The summed E-state index contributed by atoms with van der Waals surface area (Å²) in [6, 6.07) is 4.72. The summed E-state index contributed by atoms with van der Waals surface area (Å²) in [6.45, 7) is 5.67. The fourth-order valence-corrected chi connectivity index (χ4v) is 4.65. The maximum absolute atomic E-state index is 12.9. The number of carbonyl (C=O) groups is 2. The third kappa shape index (κ3) is 4.62. The zero-order chi connectivity index (χ0) is 19.5. The van der Waals surface area contributed by atoms with Crippen molar-refractivity contribution in [3.63, 3.8) is 0 Å². The third-order valence-corrected chi connectivity index (χ3v) is 6.63. The largest absolute Gasteiger partial charge is 0.481 e. The average Bonchev–Trinajstić information content (AvgIpc) is 2.56. The van der Waals surface area contributed by atoms with Gasteiger partial charge in [-0.2, -0.15) is 4.31 Å². The molecule has 8 heteroatoms. The second-order valence-corrected chi connectivity index (χ2v) is 9.27.